The predicted molar refractivity (Wildman–Crippen MR) is 83.8 cm³/mol. The fourth-order valence-electron chi connectivity index (χ4n) is 1.89. The molecule has 2 aromatic carbocycles. The van der Waals surface area contributed by atoms with Crippen LogP contribution in [-0.4, -0.2) is 28.6 Å². The maximum Gasteiger partial charge on any atom is 0.261 e. The Balaban J connectivity index is 1.94. The Morgan fingerprint density at radius 1 is 1.09 bits per heavy atom. The normalized spacial score (nSPS) is 11.3. The number of rotatable bonds is 4. The summed E-state index contributed by atoms with van der Waals surface area (Å²) in [6.45, 7) is 0. The summed E-state index contributed by atoms with van der Waals surface area (Å²) in [6.07, 6.45) is 0. The Morgan fingerprint density at radius 3 is 2.55 bits per heavy atom. The maximum absolute atomic E-state index is 12.3. The van der Waals surface area contributed by atoms with E-state index in [1.54, 1.807) is 42.5 Å². The Bertz CT molecular complexity index is 948. The average Bonchev–Trinajstić information content (AvgIpc) is 2.94. The van der Waals surface area contributed by atoms with Crippen molar-refractivity contribution in [3.63, 3.8) is 0 Å². The van der Waals surface area contributed by atoms with E-state index in [0.717, 1.165) is 0 Å². The molecule has 0 fully saturated rings. The molecule has 112 valence electrons. The minimum absolute atomic E-state index is 0.195. The number of aromatic amines is 1. The molecule has 0 aliphatic carbocycles. The van der Waals surface area contributed by atoms with Crippen molar-refractivity contribution in [2.45, 2.75) is 4.90 Å². The molecule has 7 nitrogen and oxygen atoms in total. The average molecular weight is 333 g/mol. The number of H-pyrrole nitrogens is 1. The molecule has 0 aliphatic heterocycles. The van der Waals surface area contributed by atoms with Crippen molar-refractivity contribution in [2.75, 3.05) is 4.72 Å². The number of hydrogen-bond donors (Lipinski definition) is 2. The van der Waals surface area contributed by atoms with Crippen LogP contribution >= 0.6 is 12.2 Å². The number of nitrogens with one attached hydrogen (secondary N) is 2. The quantitative estimate of drug-likeness (QED) is 0.714. The molecule has 0 atom stereocenters. The van der Waals surface area contributed by atoms with Crippen molar-refractivity contribution < 1.29 is 8.42 Å². The van der Waals surface area contributed by atoms with Crippen LogP contribution < -0.4 is 4.72 Å². The van der Waals surface area contributed by atoms with Crippen LogP contribution in [0.25, 0.3) is 5.69 Å². The number of tetrazole rings is 1. The molecule has 0 bridgehead atoms. The lowest BCUT2D eigenvalue weighted by atomic mass is 10.3. The molecule has 3 rings (SSSR count). The van der Waals surface area contributed by atoms with Gasteiger partial charge in [0.2, 0.25) is 4.77 Å². The lowest BCUT2D eigenvalue weighted by Gasteiger charge is -2.09. The molecule has 0 amide bonds. The van der Waals surface area contributed by atoms with Gasteiger partial charge in [0.25, 0.3) is 10.0 Å². The van der Waals surface area contributed by atoms with Crippen LogP contribution in [0.5, 0.6) is 0 Å². The molecule has 0 spiro atoms. The zero-order valence-electron chi connectivity index (χ0n) is 11.2. The minimum atomic E-state index is -3.64. The summed E-state index contributed by atoms with van der Waals surface area (Å²) in [5.74, 6) is 0. The van der Waals surface area contributed by atoms with Gasteiger partial charge in [0.1, 0.15) is 0 Å². The second kappa shape index (κ2) is 5.70. The van der Waals surface area contributed by atoms with Crippen LogP contribution in [0.4, 0.5) is 5.69 Å². The first kappa shape index (κ1) is 14.4. The molecule has 0 aliphatic rings. The van der Waals surface area contributed by atoms with Crippen LogP contribution in [0.1, 0.15) is 0 Å². The zero-order chi connectivity index (χ0) is 15.6. The van der Waals surface area contributed by atoms with Crippen LogP contribution in [0.15, 0.2) is 59.5 Å². The highest BCUT2D eigenvalue weighted by Crippen LogP contribution is 2.18. The van der Waals surface area contributed by atoms with Gasteiger partial charge in [-0.25, -0.2) is 13.1 Å². The lowest BCUT2D eigenvalue weighted by molar-refractivity contribution is 0.601. The van der Waals surface area contributed by atoms with Gasteiger partial charge in [0.15, 0.2) is 0 Å². The van der Waals surface area contributed by atoms with Gasteiger partial charge in [0, 0.05) is 0 Å². The van der Waals surface area contributed by atoms with E-state index in [1.807, 2.05) is 0 Å². The highest BCUT2D eigenvalue weighted by molar-refractivity contribution is 7.92. The Morgan fingerprint density at radius 2 is 1.86 bits per heavy atom. The molecule has 1 heterocycles. The van der Waals surface area contributed by atoms with Crippen molar-refractivity contribution in [3.8, 4) is 5.69 Å². The van der Waals surface area contributed by atoms with E-state index in [-0.39, 0.29) is 9.67 Å². The first-order chi connectivity index (χ1) is 10.6. The van der Waals surface area contributed by atoms with Crippen LogP contribution in [0, 0.1) is 4.77 Å². The summed E-state index contributed by atoms with van der Waals surface area (Å²) in [5.41, 5.74) is 1.04. The monoisotopic (exact) mass is 333 g/mol. The van der Waals surface area contributed by atoms with E-state index in [9.17, 15) is 8.42 Å². The molecule has 9 heteroatoms. The number of hydrogen-bond acceptors (Lipinski definition) is 5. The van der Waals surface area contributed by atoms with E-state index in [0.29, 0.717) is 11.4 Å². The standard InChI is InChI=1S/C13H11N5O2S2/c19-22(20,12-7-2-1-3-8-12)15-10-5-4-6-11(9-10)18-13(21)14-16-17-18/h1-9,15H,(H,14,17,21). The largest absolute Gasteiger partial charge is 0.280 e. The van der Waals surface area contributed by atoms with Crippen molar-refractivity contribution in [2.24, 2.45) is 0 Å². The van der Waals surface area contributed by atoms with Crippen LogP contribution in [0.2, 0.25) is 0 Å². The summed E-state index contributed by atoms with van der Waals surface area (Å²) in [7, 11) is -3.64. The van der Waals surface area contributed by atoms with E-state index in [2.05, 4.69) is 20.2 Å². The third-order valence-electron chi connectivity index (χ3n) is 2.88. The topological polar surface area (TPSA) is 92.7 Å². The van der Waals surface area contributed by atoms with Crippen molar-refractivity contribution in [1.82, 2.24) is 20.2 Å². The molecule has 22 heavy (non-hydrogen) atoms. The molecule has 0 radical (unpaired) electrons. The van der Waals surface area contributed by atoms with E-state index < -0.39 is 10.0 Å². The highest BCUT2D eigenvalue weighted by atomic mass is 32.2. The van der Waals surface area contributed by atoms with E-state index in [4.69, 9.17) is 12.2 Å². The third-order valence-corrected chi connectivity index (χ3v) is 4.54. The van der Waals surface area contributed by atoms with Crippen molar-refractivity contribution >= 4 is 27.9 Å². The Hall–Kier alpha value is -2.52. The molecular formula is C13H11N5O2S2. The van der Waals surface area contributed by atoms with Gasteiger partial charge in [-0.3, -0.25) is 4.72 Å². The first-order valence-corrected chi connectivity index (χ1v) is 8.14. The highest BCUT2D eigenvalue weighted by Gasteiger charge is 2.13. The third kappa shape index (κ3) is 2.90. The van der Waals surface area contributed by atoms with Crippen molar-refractivity contribution in [3.05, 3.63) is 59.4 Å². The first-order valence-electron chi connectivity index (χ1n) is 6.25. The minimum Gasteiger partial charge on any atom is -0.280 e. The number of sulfonamides is 1. The fourth-order valence-corrected chi connectivity index (χ4v) is 3.15. The summed E-state index contributed by atoms with van der Waals surface area (Å²) < 4.78 is 28.8. The molecule has 3 aromatic rings. The van der Waals surface area contributed by atoms with E-state index >= 15 is 0 Å². The van der Waals surface area contributed by atoms with Gasteiger partial charge >= 0.3 is 0 Å². The van der Waals surface area contributed by atoms with Gasteiger partial charge < -0.3 is 0 Å². The summed E-state index contributed by atoms with van der Waals surface area (Å²) in [5, 5.41) is 9.89. The SMILES string of the molecule is O=S(=O)(Nc1cccc(-n2[nH]nnc2=S)c1)c1ccccc1. The molecule has 1 aromatic heterocycles. The number of nitrogens with zero attached hydrogens (tertiary/aromatic N) is 3. The molecule has 2 N–H and O–H groups in total. The second-order valence-corrected chi connectivity index (χ2v) is 6.43. The predicted octanol–water partition coefficient (Wildman–Crippen LogP) is 2.13. The molecule has 0 saturated heterocycles. The van der Waals surface area contributed by atoms with Gasteiger partial charge in [-0.1, -0.05) is 34.6 Å². The van der Waals surface area contributed by atoms with E-state index in [1.165, 1.54) is 16.8 Å². The zero-order valence-corrected chi connectivity index (χ0v) is 12.8. The number of aromatic nitrogens is 4. The van der Waals surface area contributed by atoms with Gasteiger partial charge in [0.05, 0.1) is 16.3 Å². The van der Waals surface area contributed by atoms with Crippen molar-refractivity contribution in [1.29, 1.82) is 0 Å². The van der Waals surface area contributed by atoms with Crippen LogP contribution in [-0.2, 0) is 10.0 Å². The van der Waals surface area contributed by atoms with Gasteiger partial charge in [-0.05, 0) is 42.5 Å². The fraction of sp³-hybridized carbons (Fsp3) is 0. The summed E-state index contributed by atoms with van der Waals surface area (Å²) in [6, 6.07) is 14.9. The Labute approximate surface area is 131 Å². The number of benzene rings is 2. The van der Waals surface area contributed by atoms with Gasteiger partial charge in [-0.15, -0.1) is 0 Å². The lowest BCUT2D eigenvalue weighted by Crippen LogP contribution is -2.13. The smallest absolute Gasteiger partial charge is 0.261 e. The summed E-state index contributed by atoms with van der Waals surface area (Å²) >= 11 is 5.02. The molecular weight excluding hydrogens is 322 g/mol. The maximum atomic E-state index is 12.3. The van der Waals surface area contributed by atoms with Crippen LogP contribution in [0.3, 0.4) is 0 Å². The molecule has 0 saturated carbocycles. The number of anilines is 1. The molecule has 0 unspecified atom stereocenters. The Kier molecular flexibility index (Phi) is 3.73. The van der Waals surface area contributed by atoms with Gasteiger partial charge in [-0.2, -0.15) is 5.21 Å². The summed E-state index contributed by atoms with van der Waals surface area (Å²) in [4.78, 5) is 0.195. The second-order valence-electron chi connectivity index (χ2n) is 4.39.